The van der Waals surface area contributed by atoms with Gasteiger partial charge < -0.3 is 15.2 Å². The molecular weight excluding hydrogens is 300 g/mol. The summed E-state index contributed by atoms with van der Waals surface area (Å²) in [6.45, 7) is 8.78. The molecule has 2 aromatic rings. The molecule has 24 heavy (non-hydrogen) atoms. The van der Waals surface area contributed by atoms with Crippen LogP contribution in [0.5, 0.6) is 0 Å². The molecule has 6 nitrogen and oxygen atoms in total. The van der Waals surface area contributed by atoms with E-state index in [1.165, 1.54) is 5.56 Å². The summed E-state index contributed by atoms with van der Waals surface area (Å²) in [6, 6.07) is 10.6. The van der Waals surface area contributed by atoms with Crippen LogP contribution in [-0.2, 0) is 13.0 Å². The summed E-state index contributed by atoms with van der Waals surface area (Å²) >= 11 is 0. The first-order valence-corrected chi connectivity index (χ1v) is 8.71. The molecule has 0 aliphatic carbocycles. The molecule has 0 amide bonds. The Morgan fingerprint density at radius 1 is 1.25 bits per heavy atom. The molecule has 1 aromatic heterocycles. The van der Waals surface area contributed by atoms with Crippen LogP contribution in [0.1, 0.15) is 44.6 Å². The summed E-state index contributed by atoms with van der Waals surface area (Å²) in [4.78, 5) is 4.62. The van der Waals surface area contributed by atoms with Gasteiger partial charge in [0.2, 0.25) is 0 Å². The van der Waals surface area contributed by atoms with E-state index in [4.69, 9.17) is 0 Å². The zero-order chi connectivity index (χ0) is 17.2. The summed E-state index contributed by atoms with van der Waals surface area (Å²) in [5, 5.41) is 15.0. The van der Waals surface area contributed by atoms with Crippen molar-refractivity contribution in [2.75, 3.05) is 13.1 Å². The smallest absolute Gasteiger partial charge is 0.191 e. The van der Waals surface area contributed by atoms with Gasteiger partial charge in [-0.05, 0) is 18.9 Å². The lowest BCUT2D eigenvalue weighted by molar-refractivity contribution is 0.618. The maximum Gasteiger partial charge on any atom is 0.191 e. The molecule has 0 spiro atoms. The van der Waals surface area contributed by atoms with Crippen LogP contribution in [0.2, 0.25) is 0 Å². The zero-order valence-electron chi connectivity index (χ0n) is 14.9. The molecule has 6 heteroatoms. The number of aryl methyl sites for hydroxylation is 1. The number of aromatic nitrogens is 3. The first kappa shape index (κ1) is 18.0. The number of guanidine groups is 1. The highest BCUT2D eigenvalue weighted by atomic mass is 15.3. The predicted octanol–water partition coefficient (Wildman–Crippen LogP) is 2.55. The van der Waals surface area contributed by atoms with Crippen molar-refractivity contribution in [2.45, 2.75) is 46.2 Å². The molecule has 1 heterocycles. The molecule has 0 bridgehead atoms. The van der Waals surface area contributed by atoms with Crippen LogP contribution in [0.15, 0.2) is 41.7 Å². The van der Waals surface area contributed by atoms with Gasteiger partial charge in [0, 0.05) is 26.1 Å². The Morgan fingerprint density at radius 3 is 2.75 bits per heavy atom. The third-order valence-corrected chi connectivity index (χ3v) is 3.80. The summed E-state index contributed by atoms with van der Waals surface area (Å²) < 4.78 is 2.07. The number of nitrogens with one attached hydrogen (secondary N) is 2. The molecule has 130 valence electrons. The molecule has 0 aliphatic rings. The first-order chi connectivity index (χ1) is 11.7. The van der Waals surface area contributed by atoms with E-state index in [0.29, 0.717) is 0 Å². The fourth-order valence-electron chi connectivity index (χ4n) is 2.44. The maximum absolute atomic E-state index is 4.62. The molecule has 0 radical (unpaired) electrons. The molecule has 2 N–H and O–H groups in total. The topological polar surface area (TPSA) is 67.1 Å². The van der Waals surface area contributed by atoms with Crippen molar-refractivity contribution >= 4 is 5.96 Å². The van der Waals surface area contributed by atoms with Crippen LogP contribution >= 0.6 is 0 Å². The van der Waals surface area contributed by atoms with Gasteiger partial charge in [0.05, 0.1) is 6.04 Å². The Kier molecular flexibility index (Phi) is 7.26. The molecule has 1 atom stereocenters. The Balaban J connectivity index is 1.91. The van der Waals surface area contributed by atoms with E-state index in [0.717, 1.165) is 44.3 Å². The molecular formula is C18H28N6. The Bertz CT molecular complexity index is 619. The fourth-order valence-corrected chi connectivity index (χ4v) is 2.44. The summed E-state index contributed by atoms with van der Waals surface area (Å²) in [6.07, 6.45) is 3.70. The van der Waals surface area contributed by atoms with E-state index in [2.05, 4.69) is 75.4 Å². The molecule has 0 saturated carbocycles. The average Bonchev–Trinajstić information content (AvgIpc) is 3.07. The van der Waals surface area contributed by atoms with Crippen LogP contribution in [0.25, 0.3) is 0 Å². The molecule has 2 rings (SSSR count). The first-order valence-electron chi connectivity index (χ1n) is 8.71. The fraction of sp³-hybridized carbons (Fsp3) is 0.500. The second-order valence-electron chi connectivity index (χ2n) is 5.73. The second kappa shape index (κ2) is 9.70. The molecule has 0 saturated heterocycles. The normalized spacial score (nSPS) is 12.9. The van der Waals surface area contributed by atoms with Gasteiger partial charge in [-0.1, -0.05) is 44.2 Å². The second-order valence-corrected chi connectivity index (χ2v) is 5.73. The molecule has 1 unspecified atom stereocenters. The highest BCUT2D eigenvalue weighted by molar-refractivity contribution is 5.80. The van der Waals surface area contributed by atoms with Gasteiger partial charge in [-0.25, -0.2) is 0 Å². The van der Waals surface area contributed by atoms with Crippen molar-refractivity contribution in [3.8, 4) is 0 Å². The Labute approximate surface area is 144 Å². The zero-order valence-corrected chi connectivity index (χ0v) is 14.9. The van der Waals surface area contributed by atoms with E-state index >= 15 is 0 Å². The quantitative estimate of drug-likeness (QED) is 0.577. The van der Waals surface area contributed by atoms with Crippen LogP contribution in [-0.4, -0.2) is 33.8 Å². The van der Waals surface area contributed by atoms with Crippen molar-refractivity contribution in [3.05, 3.63) is 48.0 Å². The highest BCUT2D eigenvalue weighted by Gasteiger charge is 2.08. The number of aliphatic imine (C=N–C) groups is 1. The third kappa shape index (κ3) is 5.37. The predicted molar refractivity (Wildman–Crippen MR) is 98.0 cm³/mol. The number of hydrogen-bond donors (Lipinski definition) is 2. The summed E-state index contributed by atoms with van der Waals surface area (Å²) in [5.74, 6) is 1.86. The largest absolute Gasteiger partial charge is 0.355 e. The van der Waals surface area contributed by atoms with Gasteiger partial charge in [-0.2, -0.15) is 0 Å². The number of hydrogen-bond acceptors (Lipinski definition) is 3. The standard InChI is InChI=1S/C18H28N6/c1-4-11-19-18(22-15(3)16-9-7-6-8-10-16)20-12-13-24-14-21-23-17(24)5-2/h6-10,14-15H,4-5,11-13H2,1-3H3,(H2,19,20,22). The molecule has 1 aromatic carbocycles. The van der Waals surface area contributed by atoms with Crippen molar-refractivity contribution in [2.24, 2.45) is 4.99 Å². The minimum Gasteiger partial charge on any atom is -0.355 e. The van der Waals surface area contributed by atoms with Gasteiger partial charge in [0.1, 0.15) is 12.2 Å². The Morgan fingerprint density at radius 2 is 2.04 bits per heavy atom. The minimum absolute atomic E-state index is 0.204. The molecule has 0 fully saturated rings. The summed E-state index contributed by atoms with van der Waals surface area (Å²) in [7, 11) is 0. The van der Waals surface area contributed by atoms with Crippen molar-refractivity contribution in [3.63, 3.8) is 0 Å². The van der Waals surface area contributed by atoms with Gasteiger partial charge in [0.15, 0.2) is 5.96 Å². The van der Waals surface area contributed by atoms with Crippen LogP contribution in [0.4, 0.5) is 0 Å². The SMILES string of the molecule is CCCN=C(NCCn1cnnc1CC)NC(C)c1ccccc1. The van der Waals surface area contributed by atoms with E-state index in [-0.39, 0.29) is 6.04 Å². The van der Waals surface area contributed by atoms with Crippen molar-refractivity contribution in [1.29, 1.82) is 0 Å². The lowest BCUT2D eigenvalue weighted by Gasteiger charge is -2.19. The van der Waals surface area contributed by atoms with E-state index in [1.54, 1.807) is 6.33 Å². The van der Waals surface area contributed by atoms with Crippen molar-refractivity contribution < 1.29 is 0 Å². The van der Waals surface area contributed by atoms with Gasteiger partial charge in [-0.3, -0.25) is 4.99 Å². The van der Waals surface area contributed by atoms with Crippen LogP contribution in [0, 0.1) is 0 Å². The van der Waals surface area contributed by atoms with E-state index < -0.39 is 0 Å². The number of nitrogens with zero attached hydrogens (tertiary/aromatic N) is 4. The van der Waals surface area contributed by atoms with E-state index in [9.17, 15) is 0 Å². The van der Waals surface area contributed by atoms with E-state index in [1.807, 2.05) is 6.07 Å². The number of benzene rings is 1. The van der Waals surface area contributed by atoms with Gasteiger partial charge in [-0.15, -0.1) is 10.2 Å². The van der Waals surface area contributed by atoms with Crippen LogP contribution in [0.3, 0.4) is 0 Å². The number of rotatable bonds is 8. The molecule has 0 aliphatic heterocycles. The minimum atomic E-state index is 0.204. The maximum atomic E-state index is 4.62. The monoisotopic (exact) mass is 328 g/mol. The third-order valence-electron chi connectivity index (χ3n) is 3.80. The van der Waals surface area contributed by atoms with Gasteiger partial charge in [0.25, 0.3) is 0 Å². The Hall–Kier alpha value is -2.37. The summed E-state index contributed by atoms with van der Waals surface area (Å²) in [5.41, 5.74) is 1.25. The van der Waals surface area contributed by atoms with Gasteiger partial charge >= 0.3 is 0 Å². The lowest BCUT2D eigenvalue weighted by Crippen LogP contribution is -2.40. The van der Waals surface area contributed by atoms with Crippen LogP contribution < -0.4 is 10.6 Å². The van der Waals surface area contributed by atoms with Crippen molar-refractivity contribution in [1.82, 2.24) is 25.4 Å². The highest BCUT2D eigenvalue weighted by Crippen LogP contribution is 2.10. The average molecular weight is 328 g/mol. The lowest BCUT2D eigenvalue weighted by atomic mass is 10.1.